The highest BCUT2D eigenvalue weighted by Crippen LogP contribution is 2.16. The Balaban J connectivity index is 2.33. The van der Waals surface area contributed by atoms with E-state index in [0.717, 1.165) is 44.6 Å². The molecule has 0 aromatic carbocycles. The number of nitrogens with zero attached hydrogens (tertiary/aromatic N) is 1. The Bertz CT molecular complexity index is 173. The lowest BCUT2D eigenvalue weighted by Crippen LogP contribution is -2.34. The third-order valence-corrected chi connectivity index (χ3v) is 2.97. The molecule has 0 radical (unpaired) electrons. The van der Waals surface area contributed by atoms with Crippen molar-refractivity contribution in [2.75, 3.05) is 39.3 Å². The van der Waals surface area contributed by atoms with Crippen molar-refractivity contribution in [3.8, 4) is 0 Å². The topological polar surface area (TPSA) is 35.5 Å². The van der Waals surface area contributed by atoms with E-state index in [1.165, 1.54) is 0 Å². The van der Waals surface area contributed by atoms with Crippen LogP contribution in [0.15, 0.2) is 12.7 Å². The standard InChI is InChI=1S/C11H22N2O/c1-3-4-13(5-6-14)9-11-8-12-7-10(11)2/h3,10-12,14H,1,4-9H2,2H3. The first kappa shape index (κ1) is 11.7. The van der Waals surface area contributed by atoms with Crippen molar-refractivity contribution in [1.82, 2.24) is 10.2 Å². The minimum Gasteiger partial charge on any atom is -0.395 e. The van der Waals surface area contributed by atoms with Gasteiger partial charge in [-0.25, -0.2) is 0 Å². The number of aliphatic hydroxyl groups excluding tert-OH is 1. The number of hydrogen-bond acceptors (Lipinski definition) is 3. The molecule has 1 aliphatic heterocycles. The second kappa shape index (κ2) is 6.17. The zero-order chi connectivity index (χ0) is 10.4. The highest BCUT2D eigenvalue weighted by molar-refractivity contribution is 4.82. The van der Waals surface area contributed by atoms with Crippen molar-refractivity contribution in [3.63, 3.8) is 0 Å². The van der Waals surface area contributed by atoms with E-state index in [9.17, 15) is 0 Å². The Morgan fingerprint density at radius 1 is 1.57 bits per heavy atom. The molecular weight excluding hydrogens is 176 g/mol. The molecule has 1 rings (SSSR count). The van der Waals surface area contributed by atoms with Crippen LogP contribution in [0, 0.1) is 11.8 Å². The number of rotatable bonds is 6. The molecule has 2 unspecified atom stereocenters. The molecule has 1 aliphatic rings. The van der Waals surface area contributed by atoms with E-state index in [1.807, 2.05) is 6.08 Å². The van der Waals surface area contributed by atoms with Gasteiger partial charge in [-0.05, 0) is 24.9 Å². The highest BCUT2D eigenvalue weighted by atomic mass is 16.3. The zero-order valence-corrected chi connectivity index (χ0v) is 9.08. The van der Waals surface area contributed by atoms with Gasteiger partial charge in [0.15, 0.2) is 0 Å². The van der Waals surface area contributed by atoms with Gasteiger partial charge in [0.25, 0.3) is 0 Å². The molecule has 1 saturated heterocycles. The molecule has 0 bridgehead atoms. The van der Waals surface area contributed by atoms with Crippen molar-refractivity contribution in [2.45, 2.75) is 6.92 Å². The summed E-state index contributed by atoms with van der Waals surface area (Å²) >= 11 is 0. The summed E-state index contributed by atoms with van der Waals surface area (Å²) < 4.78 is 0. The quantitative estimate of drug-likeness (QED) is 0.603. The summed E-state index contributed by atoms with van der Waals surface area (Å²) in [6.07, 6.45) is 1.91. The number of aliphatic hydroxyl groups is 1. The fraction of sp³-hybridized carbons (Fsp3) is 0.818. The molecule has 0 saturated carbocycles. The first-order valence-corrected chi connectivity index (χ1v) is 5.42. The highest BCUT2D eigenvalue weighted by Gasteiger charge is 2.24. The third-order valence-electron chi connectivity index (χ3n) is 2.97. The second-order valence-corrected chi connectivity index (χ2v) is 4.17. The van der Waals surface area contributed by atoms with Gasteiger partial charge in [0, 0.05) is 19.6 Å². The van der Waals surface area contributed by atoms with E-state index in [2.05, 4.69) is 23.7 Å². The fourth-order valence-electron chi connectivity index (χ4n) is 2.02. The average molecular weight is 198 g/mol. The minimum atomic E-state index is 0.238. The van der Waals surface area contributed by atoms with Crippen molar-refractivity contribution in [1.29, 1.82) is 0 Å². The summed E-state index contributed by atoms with van der Waals surface area (Å²) in [7, 11) is 0. The lowest BCUT2D eigenvalue weighted by molar-refractivity contribution is 0.182. The van der Waals surface area contributed by atoms with Crippen molar-refractivity contribution >= 4 is 0 Å². The van der Waals surface area contributed by atoms with Gasteiger partial charge in [-0.1, -0.05) is 13.0 Å². The van der Waals surface area contributed by atoms with Gasteiger partial charge in [-0.2, -0.15) is 0 Å². The smallest absolute Gasteiger partial charge is 0.0558 e. The first-order chi connectivity index (χ1) is 6.77. The van der Waals surface area contributed by atoms with Gasteiger partial charge in [0.05, 0.1) is 6.61 Å². The fourth-order valence-corrected chi connectivity index (χ4v) is 2.02. The molecular formula is C11H22N2O. The molecule has 2 N–H and O–H groups in total. The van der Waals surface area contributed by atoms with E-state index < -0.39 is 0 Å². The molecule has 3 heteroatoms. The number of hydrogen-bond donors (Lipinski definition) is 2. The summed E-state index contributed by atoms with van der Waals surface area (Å²) in [4.78, 5) is 2.27. The average Bonchev–Trinajstić information content (AvgIpc) is 2.53. The number of nitrogens with one attached hydrogen (secondary N) is 1. The maximum absolute atomic E-state index is 8.91. The third kappa shape index (κ3) is 3.40. The molecule has 0 aliphatic carbocycles. The van der Waals surface area contributed by atoms with Crippen LogP contribution in [0.5, 0.6) is 0 Å². The maximum Gasteiger partial charge on any atom is 0.0558 e. The molecule has 0 aromatic heterocycles. The van der Waals surface area contributed by atoms with E-state index in [1.54, 1.807) is 0 Å². The molecule has 0 spiro atoms. The van der Waals surface area contributed by atoms with Gasteiger partial charge < -0.3 is 10.4 Å². The van der Waals surface area contributed by atoms with E-state index in [-0.39, 0.29) is 6.61 Å². The second-order valence-electron chi connectivity index (χ2n) is 4.17. The van der Waals surface area contributed by atoms with Crippen molar-refractivity contribution in [3.05, 3.63) is 12.7 Å². The summed E-state index contributed by atoms with van der Waals surface area (Å²) in [5, 5.41) is 12.3. The Hall–Kier alpha value is -0.380. The van der Waals surface area contributed by atoms with Crippen LogP contribution in [0.3, 0.4) is 0 Å². The van der Waals surface area contributed by atoms with E-state index in [4.69, 9.17) is 5.11 Å². The summed E-state index contributed by atoms with van der Waals surface area (Å²) in [6.45, 7) is 11.2. The maximum atomic E-state index is 8.91. The molecule has 0 aromatic rings. The monoisotopic (exact) mass is 198 g/mol. The summed E-state index contributed by atoms with van der Waals surface area (Å²) in [5.41, 5.74) is 0. The van der Waals surface area contributed by atoms with Gasteiger partial charge in [-0.15, -0.1) is 6.58 Å². The first-order valence-electron chi connectivity index (χ1n) is 5.42. The Morgan fingerprint density at radius 3 is 2.86 bits per heavy atom. The van der Waals surface area contributed by atoms with E-state index >= 15 is 0 Å². The predicted molar refractivity (Wildman–Crippen MR) is 59.2 cm³/mol. The van der Waals surface area contributed by atoms with Gasteiger partial charge in [0.1, 0.15) is 0 Å². The molecule has 3 nitrogen and oxygen atoms in total. The molecule has 82 valence electrons. The van der Waals surface area contributed by atoms with Crippen LogP contribution in [0.1, 0.15) is 6.92 Å². The molecule has 1 fully saturated rings. The van der Waals surface area contributed by atoms with Crippen LogP contribution in [-0.4, -0.2) is 49.3 Å². The van der Waals surface area contributed by atoms with Gasteiger partial charge in [-0.3, -0.25) is 4.90 Å². The van der Waals surface area contributed by atoms with Crippen LogP contribution < -0.4 is 5.32 Å². The minimum absolute atomic E-state index is 0.238. The zero-order valence-electron chi connectivity index (χ0n) is 9.08. The normalized spacial score (nSPS) is 27.1. The lowest BCUT2D eigenvalue weighted by atomic mass is 9.97. The van der Waals surface area contributed by atoms with Crippen LogP contribution in [0.4, 0.5) is 0 Å². The molecule has 0 amide bonds. The Morgan fingerprint density at radius 2 is 2.36 bits per heavy atom. The van der Waals surface area contributed by atoms with Crippen LogP contribution in [0.2, 0.25) is 0 Å². The van der Waals surface area contributed by atoms with Crippen LogP contribution in [-0.2, 0) is 0 Å². The SMILES string of the molecule is C=CCN(CCO)CC1CNCC1C. The van der Waals surface area contributed by atoms with Gasteiger partial charge in [0.2, 0.25) is 0 Å². The van der Waals surface area contributed by atoms with E-state index in [0.29, 0.717) is 0 Å². The Labute approximate surface area is 86.8 Å². The largest absolute Gasteiger partial charge is 0.395 e. The predicted octanol–water partition coefficient (Wildman–Crippen LogP) is 0.322. The molecule has 1 heterocycles. The summed E-state index contributed by atoms with van der Waals surface area (Å²) in [5.74, 6) is 1.47. The van der Waals surface area contributed by atoms with Crippen molar-refractivity contribution in [2.24, 2.45) is 11.8 Å². The summed E-state index contributed by atoms with van der Waals surface area (Å²) in [6, 6.07) is 0. The van der Waals surface area contributed by atoms with Crippen molar-refractivity contribution < 1.29 is 5.11 Å². The Kier molecular flexibility index (Phi) is 5.15. The van der Waals surface area contributed by atoms with Crippen LogP contribution >= 0.6 is 0 Å². The van der Waals surface area contributed by atoms with Gasteiger partial charge >= 0.3 is 0 Å². The molecule has 2 atom stereocenters. The lowest BCUT2D eigenvalue weighted by Gasteiger charge is -2.25. The van der Waals surface area contributed by atoms with Crippen LogP contribution in [0.25, 0.3) is 0 Å². The molecule has 14 heavy (non-hydrogen) atoms.